The van der Waals surface area contributed by atoms with Crippen LogP contribution in [0.4, 0.5) is 5.69 Å². The molecule has 20 heavy (non-hydrogen) atoms. The number of anilines is 1. The van der Waals surface area contributed by atoms with Crippen molar-refractivity contribution in [1.29, 1.82) is 0 Å². The number of carbonyl (C=O) groups excluding carboxylic acids is 1. The largest absolute Gasteiger partial charge is 0.468 e. The molecular formula is C15H17BrN2O2. The van der Waals surface area contributed by atoms with Gasteiger partial charge < -0.3 is 9.73 Å². The Bertz CT molecular complexity index is 582. The quantitative estimate of drug-likeness (QED) is 0.876. The molecule has 0 saturated carbocycles. The Kier molecular flexibility index (Phi) is 4.98. The number of benzene rings is 1. The van der Waals surface area contributed by atoms with Gasteiger partial charge in [-0.1, -0.05) is 15.9 Å². The van der Waals surface area contributed by atoms with Crippen molar-refractivity contribution in [2.45, 2.75) is 19.9 Å². The second-order valence-corrected chi connectivity index (χ2v) is 5.54. The lowest BCUT2D eigenvalue weighted by atomic mass is 10.2. The van der Waals surface area contributed by atoms with E-state index in [1.807, 2.05) is 44.2 Å². The van der Waals surface area contributed by atoms with E-state index in [1.165, 1.54) is 0 Å². The highest BCUT2D eigenvalue weighted by molar-refractivity contribution is 9.10. The number of hydrogen-bond acceptors (Lipinski definition) is 3. The maximum atomic E-state index is 11.9. The summed E-state index contributed by atoms with van der Waals surface area (Å²) in [5, 5.41) is 6.01. The maximum absolute atomic E-state index is 11.9. The summed E-state index contributed by atoms with van der Waals surface area (Å²) < 4.78 is 6.28. The number of aryl methyl sites for hydroxylation is 1. The number of furan rings is 1. The zero-order valence-electron chi connectivity index (χ0n) is 11.4. The lowest BCUT2D eigenvalue weighted by molar-refractivity contribution is -0.115. The summed E-state index contributed by atoms with van der Waals surface area (Å²) in [6.45, 7) is 4.15. The molecule has 1 amide bonds. The lowest BCUT2D eigenvalue weighted by Gasteiger charge is -2.12. The van der Waals surface area contributed by atoms with Crippen molar-refractivity contribution in [3.8, 4) is 0 Å². The number of halogens is 1. The van der Waals surface area contributed by atoms with Crippen LogP contribution in [0.3, 0.4) is 0 Å². The predicted octanol–water partition coefficient (Wildman–Crippen LogP) is 3.64. The van der Waals surface area contributed by atoms with Gasteiger partial charge in [-0.3, -0.25) is 10.1 Å². The van der Waals surface area contributed by atoms with Crippen LogP contribution >= 0.6 is 15.9 Å². The predicted molar refractivity (Wildman–Crippen MR) is 82.6 cm³/mol. The Morgan fingerprint density at radius 1 is 1.40 bits per heavy atom. The number of rotatable bonds is 5. The minimum Gasteiger partial charge on any atom is -0.468 e. The highest BCUT2D eigenvalue weighted by Crippen LogP contribution is 2.20. The highest BCUT2D eigenvalue weighted by Gasteiger charge is 2.10. The summed E-state index contributed by atoms with van der Waals surface area (Å²) in [7, 11) is 0. The normalized spacial score (nSPS) is 12.2. The SMILES string of the molecule is Cc1cc(Br)ccc1NC(=O)CN[C@H](C)c1ccco1. The van der Waals surface area contributed by atoms with Crippen LogP contribution in [-0.4, -0.2) is 12.5 Å². The molecule has 0 aliphatic carbocycles. The minimum atomic E-state index is -0.0752. The van der Waals surface area contributed by atoms with Crippen LogP contribution in [0.5, 0.6) is 0 Å². The number of carbonyl (C=O) groups is 1. The molecule has 0 unspecified atom stereocenters. The maximum Gasteiger partial charge on any atom is 0.238 e. The summed E-state index contributed by atoms with van der Waals surface area (Å²) in [6, 6.07) is 9.47. The molecule has 1 heterocycles. The van der Waals surface area contributed by atoms with E-state index < -0.39 is 0 Å². The molecule has 1 aromatic carbocycles. The zero-order valence-corrected chi connectivity index (χ0v) is 13.0. The third-order valence-corrected chi connectivity index (χ3v) is 3.49. The summed E-state index contributed by atoms with van der Waals surface area (Å²) in [5.41, 5.74) is 1.84. The van der Waals surface area contributed by atoms with Crippen molar-refractivity contribution in [1.82, 2.24) is 5.32 Å². The van der Waals surface area contributed by atoms with E-state index in [0.29, 0.717) is 0 Å². The lowest BCUT2D eigenvalue weighted by Crippen LogP contribution is -2.30. The van der Waals surface area contributed by atoms with E-state index in [1.54, 1.807) is 6.26 Å². The Hall–Kier alpha value is -1.59. The first-order chi connectivity index (χ1) is 9.56. The molecule has 2 N–H and O–H groups in total. The van der Waals surface area contributed by atoms with Crippen LogP contribution in [-0.2, 0) is 4.79 Å². The number of nitrogens with one attached hydrogen (secondary N) is 2. The standard InChI is InChI=1S/C15H17BrN2O2/c1-10-8-12(16)5-6-13(10)18-15(19)9-17-11(2)14-4-3-7-20-14/h3-8,11,17H,9H2,1-2H3,(H,18,19)/t11-/m1/s1. The number of amides is 1. The van der Waals surface area contributed by atoms with Gasteiger partial charge >= 0.3 is 0 Å². The third kappa shape index (κ3) is 3.95. The monoisotopic (exact) mass is 336 g/mol. The van der Waals surface area contributed by atoms with Gasteiger partial charge in [0.05, 0.1) is 18.8 Å². The molecular weight excluding hydrogens is 320 g/mol. The van der Waals surface area contributed by atoms with Crippen LogP contribution in [0, 0.1) is 6.92 Å². The van der Waals surface area contributed by atoms with Gasteiger partial charge in [-0.15, -0.1) is 0 Å². The zero-order chi connectivity index (χ0) is 14.5. The molecule has 0 saturated heterocycles. The Morgan fingerprint density at radius 2 is 2.20 bits per heavy atom. The fraction of sp³-hybridized carbons (Fsp3) is 0.267. The average molecular weight is 337 g/mol. The molecule has 2 aromatic rings. The summed E-state index contributed by atoms with van der Waals surface area (Å²) in [5.74, 6) is 0.742. The van der Waals surface area contributed by atoms with Crippen molar-refractivity contribution in [3.05, 3.63) is 52.4 Å². The van der Waals surface area contributed by atoms with Gasteiger partial charge in [-0.25, -0.2) is 0 Å². The van der Waals surface area contributed by atoms with Crippen molar-refractivity contribution in [3.63, 3.8) is 0 Å². The van der Waals surface area contributed by atoms with Crippen molar-refractivity contribution < 1.29 is 9.21 Å². The average Bonchev–Trinajstić information content (AvgIpc) is 2.93. The molecule has 4 nitrogen and oxygen atoms in total. The van der Waals surface area contributed by atoms with E-state index in [-0.39, 0.29) is 18.5 Å². The van der Waals surface area contributed by atoms with Gasteiger partial charge in [0, 0.05) is 10.2 Å². The summed E-state index contributed by atoms with van der Waals surface area (Å²) >= 11 is 3.40. The van der Waals surface area contributed by atoms with Crippen molar-refractivity contribution >= 4 is 27.5 Å². The second-order valence-electron chi connectivity index (χ2n) is 4.63. The summed E-state index contributed by atoms with van der Waals surface area (Å²) in [6.07, 6.45) is 1.62. The molecule has 0 spiro atoms. The van der Waals surface area contributed by atoms with Gasteiger partial charge in [-0.05, 0) is 49.7 Å². The second kappa shape index (κ2) is 6.72. The van der Waals surface area contributed by atoms with Crippen LogP contribution < -0.4 is 10.6 Å². The third-order valence-electron chi connectivity index (χ3n) is 3.00. The van der Waals surface area contributed by atoms with Crippen LogP contribution in [0.15, 0.2) is 45.5 Å². The fourth-order valence-electron chi connectivity index (χ4n) is 1.85. The van der Waals surface area contributed by atoms with Gasteiger partial charge in [0.25, 0.3) is 0 Å². The van der Waals surface area contributed by atoms with Crippen molar-refractivity contribution in [2.75, 3.05) is 11.9 Å². The first-order valence-corrected chi connectivity index (χ1v) is 7.18. The topological polar surface area (TPSA) is 54.3 Å². The molecule has 0 bridgehead atoms. The van der Waals surface area contributed by atoms with Crippen molar-refractivity contribution in [2.24, 2.45) is 0 Å². The van der Waals surface area contributed by atoms with Gasteiger partial charge in [-0.2, -0.15) is 0 Å². The smallest absolute Gasteiger partial charge is 0.238 e. The molecule has 2 rings (SSSR count). The van der Waals surface area contributed by atoms with E-state index >= 15 is 0 Å². The number of hydrogen-bond donors (Lipinski definition) is 2. The Balaban J connectivity index is 1.86. The van der Waals surface area contributed by atoms with E-state index in [0.717, 1.165) is 21.5 Å². The Labute approximate surface area is 126 Å². The minimum absolute atomic E-state index is 0.00163. The highest BCUT2D eigenvalue weighted by atomic mass is 79.9. The summed E-state index contributed by atoms with van der Waals surface area (Å²) in [4.78, 5) is 11.9. The molecule has 0 radical (unpaired) electrons. The van der Waals surface area contributed by atoms with Gasteiger partial charge in [0.15, 0.2) is 0 Å². The first kappa shape index (κ1) is 14.8. The fourth-order valence-corrected chi connectivity index (χ4v) is 2.32. The molecule has 0 aliphatic rings. The molecule has 5 heteroatoms. The van der Waals surface area contributed by atoms with Crippen LogP contribution in [0.2, 0.25) is 0 Å². The van der Waals surface area contributed by atoms with E-state index in [4.69, 9.17) is 4.42 Å². The van der Waals surface area contributed by atoms with E-state index in [9.17, 15) is 4.79 Å². The van der Waals surface area contributed by atoms with Gasteiger partial charge in [0.1, 0.15) is 5.76 Å². The van der Waals surface area contributed by atoms with E-state index in [2.05, 4.69) is 26.6 Å². The first-order valence-electron chi connectivity index (χ1n) is 6.39. The molecule has 1 atom stereocenters. The Morgan fingerprint density at radius 3 is 2.85 bits per heavy atom. The van der Waals surface area contributed by atoms with Crippen LogP contribution in [0.1, 0.15) is 24.3 Å². The molecule has 0 aliphatic heterocycles. The van der Waals surface area contributed by atoms with Gasteiger partial charge in [0.2, 0.25) is 5.91 Å². The molecule has 106 valence electrons. The van der Waals surface area contributed by atoms with Crippen LogP contribution in [0.25, 0.3) is 0 Å². The molecule has 1 aromatic heterocycles. The molecule has 0 fully saturated rings.